The zero-order chi connectivity index (χ0) is 17.4. The van der Waals surface area contributed by atoms with Gasteiger partial charge in [-0.2, -0.15) is 0 Å². The summed E-state index contributed by atoms with van der Waals surface area (Å²) in [6, 6.07) is 4.06. The van der Waals surface area contributed by atoms with Crippen molar-refractivity contribution >= 4 is 11.3 Å². The van der Waals surface area contributed by atoms with Gasteiger partial charge in [0.15, 0.2) is 0 Å². The minimum Gasteiger partial charge on any atom is -0.440 e. The summed E-state index contributed by atoms with van der Waals surface area (Å²) in [5.74, 6) is 2.95. The smallest absolute Gasteiger partial charge is 0.236 e. The van der Waals surface area contributed by atoms with E-state index in [4.69, 9.17) is 14.4 Å². The third-order valence-corrected chi connectivity index (χ3v) is 5.40. The summed E-state index contributed by atoms with van der Waals surface area (Å²) in [6.45, 7) is 8.92. The Bertz CT molecular complexity index is 870. The van der Waals surface area contributed by atoms with E-state index in [0.29, 0.717) is 5.92 Å². The zero-order valence-electron chi connectivity index (χ0n) is 14.8. The summed E-state index contributed by atoms with van der Waals surface area (Å²) < 4.78 is 5.86. The van der Waals surface area contributed by atoms with Crippen LogP contribution in [-0.2, 0) is 19.5 Å². The summed E-state index contributed by atoms with van der Waals surface area (Å²) in [6.07, 6.45) is 2.96. The van der Waals surface area contributed by atoms with Gasteiger partial charge in [-0.25, -0.2) is 15.0 Å². The van der Waals surface area contributed by atoms with Crippen molar-refractivity contribution in [3.63, 3.8) is 0 Å². The predicted molar refractivity (Wildman–Crippen MR) is 98.5 cm³/mol. The van der Waals surface area contributed by atoms with Gasteiger partial charge in [0, 0.05) is 49.4 Å². The fraction of sp³-hybridized carbons (Fsp3) is 0.421. The van der Waals surface area contributed by atoms with Crippen molar-refractivity contribution in [3.8, 4) is 10.8 Å². The molecule has 6 heteroatoms. The number of rotatable bonds is 4. The number of oxazole rings is 1. The third-order valence-electron chi connectivity index (χ3n) is 4.55. The van der Waals surface area contributed by atoms with Crippen LogP contribution in [0.15, 0.2) is 28.1 Å². The van der Waals surface area contributed by atoms with Crippen LogP contribution in [0.4, 0.5) is 0 Å². The van der Waals surface area contributed by atoms with Crippen molar-refractivity contribution in [2.24, 2.45) is 0 Å². The molecule has 130 valence electrons. The first-order valence-electron chi connectivity index (χ1n) is 8.67. The van der Waals surface area contributed by atoms with Crippen LogP contribution < -0.4 is 0 Å². The molecule has 0 bridgehead atoms. The van der Waals surface area contributed by atoms with Crippen molar-refractivity contribution < 1.29 is 4.42 Å². The zero-order valence-corrected chi connectivity index (χ0v) is 15.6. The van der Waals surface area contributed by atoms with Gasteiger partial charge in [0.25, 0.3) is 0 Å². The maximum absolute atomic E-state index is 5.86. The highest BCUT2D eigenvalue weighted by atomic mass is 32.1. The molecule has 0 N–H and O–H groups in total. The Morgan fingerprint density at radius 3 is 2.96 bits per heavy atom. The number of aromatic nitrogens is 3. The summed E-state index contributed by atoms with van der Waals surface area (Å²) in [4.78, 5) is 17.4. The molecule has 0 amide bonds. The number of thiophene rings is 1. The van der Waals surface area contributed by atoms with Gasteiger partial charge in [-0.3, -0.25) is 4.90 Å². The van der Waals surface area contributed by atoms with E-state index in [1.54, 1.807) is 11.3 Å². The maximum Gasteiger partial charge on any atom is 0.236 e. The molecule has 3 aromatic rings. The van der Waals surface area contributed by atoms with E-state index in [1.807, 2.05) is 30.6 Å². The molecule has 25 heavy (non-hydrogen) atoms. The van der Waals surface area contributed by atoms with Crippen LogP contribution in [0.25, 0.3) is 10.8 Å². The SMILES string of the molecule is Cc1oc(-c2cccs2)nc1CN1CCc2nc(C(C)C)ncc2C1. The fourth-order valence-corrected chi connectivity index (χ4v) is 3.74. The van der Waals surface area contributed by atoms with Crippen LogP contribution in [-0.4, -0.2) is 26.4 Å². The predicted octanol–water partition coefficient (Wildman–Crippen LogP) is 4.18. The molecule has 5 nitrogen and oxygen atoms in total. The van der Waals surface area contributed by atoms with Gasteiger partial charge in [0.2, 0.25) is 5.89 Å². The van der Waals surface area contributed by atoms with Gasteiger partial charge in [0.05, 0.1) is 10.6 Å². The number of hydrogen-bond acceptors (Lipinski definition) is 6. The normalized spacial score (nSPS) is 14.9. The van der Waals surface area contributed by atoms with Crippen molar-refractivity contribution in [1.29, 1.82) is 0 Å². The summed E-state index contributed by atoms with van der Waals surface area (Å²) >= 11 is 1.65. The topological polar surface area (TPSA) is 55.1 Å². The van der Waals surface area contributed by atoms with Gasteiger partial charge in [0.1, 0.15) is 11.6 Å². The average molecular weight is 354 g/mol. The molecule has 0 radical (unpaired) electrons. The lowest BCUT2D eigenvalue weighted by Gasteiger charge is -2.27. The third kappa shape index (κ3) is 3.37. The molecule has 1 aliphatic heterocycles. The fourth-order valence-electron chi connectivity index (χ4n) is 3.10. The molecule has 3 aromatic heterocycles. The van der Waals surface area contributed by atoms with Gasteiger partial charge in [-0.15, -0.1) is 11.3 Å². The summed E-state index contributed by atoms with van der Waals surface area (Å²) in [7, 11) is 0. The van der Waals surface area contributed by atoms with E-state index in [0.717, 1.165) is 54.1 Å². The molecule has 0 spiro atoms. The van der Waals surface area contributed by atoms with E-state index in [1.165, 1.54) is 11.3 Å². The van der Waals surface area contributed by atoms with Crippen LogP contribution >= 0.6 is 11.3 Å². The second-order valence-electron chi connectivity index (χ2n) is 6.81. The number of hydrogen-bond donors (Lipinski definition) is 0. The van der Waals surface area contributed by atoms with Crippen molar-refractivity contribution in [2.45, 2.75) is 46.2 Å². The summed E-state index contributed by atoms with van der Waals surface area (Å²) in [5.41, 5.74) is 3.45. The largest absolute Gasteiger partial charge is 0.440 e. The molecule has 4 heterocycles. The molecule has 1 aliphatic rings. The van der Waals surface area contributed by atoms with E-state index in [2.05, 4.69) is 23.7 Å². The maximum atomic E-state index is 5.86. The Balaban J connectivity index is 1.50. The molecule has 0 aromatic carbocycles. The highest BCUT2D eigenvalue weighted by Gasteiger charge is 2.21. The molecular weight excluding hydrogens is 332 g/mol. The highest BCUT2D eigenvalue weighted by Crippen LogP contribution is 2.27. The minimum absolute atomic E-state index is 0.372. The second kappa shape index (κ2) is 6.69. The lowest BCUT2D eigenvalue weighted by molar-refractivity contribution is 0.238. The molecule has 0 aliphatic carbocycles. The van der Waals surface area contributed by atoms with Gasteiger partial charge in [-0.1, -0.05) is 19.9 Å². The van der Waals surface area contributed by atoms with Crippen LogP contribution in [0.2, 0.25) is 0 Å². The van der Waals surface area contributed by atoms with Crippen LogP contribution in [0.5, 0.6) is 0 Å². The molecule has 0 saturated carbocycles. The monoisotopic (exact) mass is 354 g/mol. The molecule has 0 fully saturated rings. The van der Waals surface area contributed by atoms with Crippen molar-refractivity contribution in [1.82, 2.24) is 19.9 Å². The number of fused-ring (bicyclic) bond motifs is 1. The first-order chi connectivity index (χ1) is 12.1. The van der Waals surface area contributed by atoms with Gasteiger partial charge in [-0.05, 0) is 18.4 Å². The average Bonchev–Trinajstić information content (AvgIpc) is 3.25. The molecular formula is C19H22N4OS. The standard InChI is InChI=1S/C19H22N4OS/c1-12(2)18-20-9-14-10-23(7-6-15(14)21-18)11-16-13(3)24-19(22-16)17-5-4-8-25-17/h4-5,8-9,12H,6-7,10-11H2,1-3H3. The van der Waals surface area contributed by atoms with Gasteiger partial charge >= 0.3 is 0 Å². The minimum atomic E-state index is 0.372. The highest BCUT2D eigenvalue weighted by molar-refractivity contribution is 7.13. The van der Waals surface area contributed by atoms with Crippen LogP contribution in [0.1, 0.15) is 48.3 Å². The van der Waals surface area contributed by atoms with E-state index < -0.39 is 0 Å². The van der Waals surface area contributed by atoms with Crippen LogP contribution in [0, 0.1) is 6.92 Å². The molecule has 0 atom stereocenters. The van der Waals surface area contributed by atoms with Crippen LogP contribution in [0.3, 0.4) is 0 Å². The Kier molecular flexibility index (Phi) is 4.39. The lowest BCUT2D eigenvalue weighted by Crippen LogP contribution is -2.31. The molecule has 0 saturated heterocycles. The molecule has 0 unspecified atom stereocenters. The Morgan fingerprint density at radius 2 is 2.20 bits per heavy atom. The molecule has 4 rings (SSSR count). The van der Waals surface area contributed by atoms with Crippen molar-refractivity contribution in [3.05, 3.63) is 52.2 Å². The van der Waals surface area contributed by atoms with E-state index in [-0.39, 0.29) is 0 Å². The van der Waals surface area contributed by atoms with E-state index in [9.17, 15) is 0 Å². The van der Waals surface area contributed by atoms with E-state index >= 15 is 0 Å². The Morgan fingerprint density at radius 1 is 1.32 bits per heavy atom. The Hall–Kier alpha value is -2.05. The van der Waals surface area contributed by atoms with Gasteiger partial charge < -0.3 is 4.42 Å². The van der Waals surface area contributed by atoms with Crippen molar-refractivity contribution in [2.75, 3.05) is 6.54 Å². The number of nitrogens with zero attached hydrogens (tertiary/aromatic N) is 4. The lowest BCUT2D eigenvalue weighted by atomic mass is 10.1. The number of aryl methyl sites for hydroxylation is 1. The second-order valence-corrected chi connectivity index (χ2v) is 7.76. The first-order valence-corrected chi connectivity index (χ1v) is 9.55. The Labute approximate surface area is 151 Å². The summed E-state index contributed by atoms with van der Waals surface area (Å²) in [5, 5.41) is 2.04. The quantitative estimate of drug-likeness (QED) is 0.703. The first kappa shape index (κ1) is 16.4.